The number of hydrogen-bond acceptors (Lipinski definition) is 4. The molecule has 98 valence electrons. The van der Waals surface area contributed by atoms with Crippen molar-refractivity contribution in [3.63, 3.8) is 0 Å². The monoisotopic (exact) mass is 269 g/mol. The largest absolute Gasteiger partial charge is 0.323 e. The van der Waals surface area contributed by atoms with Gasteiger partial charge in [0.05, 0.1) is 21.7 Å². The molecule has 3 N–H and O–H groups in total. The quantitative estimate of drug-likeness (QED) is 0.678. The van der Waals surface area contributed by atoms with E-state index in [9.17, 15) is 13.2 Å². The van der Waals surface area contributed by atoms with Crippen molar-refractivity contribution in [2.45, 2.75) is 11.3 Å². The number of hydrogen-bond donors (Lipinski definition) is 3. The Labute approximate surface area is 104 Å². The fourth-order valence-electron chi connectivity index (χ4n) is 1.76. The van der Waals surface area contributed by atoms with Crippen LogP contribution in [0.15, 0.2) is 27.9 Å². The smallest absolute Gasteiger partial charge is 0.320 e. The summed E-state index contributed by atoms with van der Waals surface area (Å²) in [5.41, 5.74) is 0.776. The van der Waals surface area contributed by atoms with Gasteiger partial charge in [-0.15, -0.1) is 0 Å². The lowest BCUT2D eigenvalue weighted by atomic mass is 10.3. The molecule has 2 rings (SSSR count). The number of H-pyrrole nitrogens is 2. The van der Waals surface area contributed by atoms with Crippen LogP contribution in [0.1, 0.15) is 6.42 Å². The Morgan fingerprint density at radius 3 is 2.67 bits per heavy atom. The first-order chi connectivity index (χ1) is 8.53. The molecule has 7 heteroatoms. The van der Waals surface area contributed by atoms with Crippen LogP contribution in [0.4, 0.5) is 0 Å². The van der Waals surface area contributed by atoms with Crippen molar-refractivity contribution in [3.8, 4) is 0 Å². The van der Waals surface area contributed by atoms with E-state index in [0.29, 0.717) is 24.0 Å². The summed E-state index contributed by atoms with van der Waals surface area (Å²) in [6.07, 6.45) is 0.556. The minimum absolute atomic E-state index is 0.0913. The minimum Gasteiger partial charge on any atom is -0.320 e. The summed E-state index contributed by atoms with van der Waals surface area (Å²) in [6, 6.07) is 4.60. The highest BCUT2D eigenvalue weighted by atomic mass is 32.2. The Bertz CT molecular complexity index is 700. The van der Waals surface area contributed by atoms with Gasteiger partial charge in [-0.1, -0.05) is 0 Å². The van der Waals surface area contributed by atoms with Crippen LogP contribution >= 0.6 is 0 Å². The Morgan fingerprint density at radius 2 is 1.94 bits per heavy atom. The molecule has 0 unspecified atom stereocenters. The highest BCUT2D eigenvalue weighted by Gasteiger charge is 2.14. The first-order valence-corrected chi connectivity index (χ1v) is 7.27. The summed E-state index contributed by atoms with van der Waals surface area (Å²) in [5.74, 6) is 0.0913. The van der Waals surface area contributed by atoms with Gasteiger partial charge in [0.25, 0.3) is 0 Å². The van der Waals surface area contributed by atoms with Crippen LogP contribution < -0.4 is 11.0 Å². The summed E-state index contributed by atoms with van der Waals surface area (Å²) < 4.78 is 24.1. The molecule has 0 fully saturated rings. The molecule has 1 heterocycles. The second-order valence-electron chi connectivity index (χ2n) is 4.06. The van der Waals surface area contributed by atoms with Gasteiger partial charge in [0, 0.05) is 0 Å². The number of rotatable bonds is 5. The summed E-state index contributed by atoms with van der Waals surface area (Å²) in [6.45, 7) is 0.655. The maximum absolute atomic E-state index is 12.0. The van der Waals surface area contributed by atoms with Crippen LogP contribution in [-0.2, 0) is 9.84 Å². The molecule has 0 radical (unpaired) electrons. The highest BCUT2D eigenvalue weighted by molar-refractivity contribution is 7.91. The van der Waals surface area contributed by atoms with E-state index in [1.54, 1.807) is 13.1 Å². The van der Waals surface area contributed by atoms with Gasteiger partial charge in [-0.05, 0) is 38.2 Å². The summed E-state index contributed by atoms with van der Waals surface area (Å²) in [4.78, 5) is 16.5. The topological polar surface area (TPSA) is 94.8 Å². The van der Waals surface area contributed by atoms with Crippen molar-refractivity contribution in [2.75, 3.05) is 19.3 Å². The standard InChI is InChI=1S/C11H15N3O3S/c1-12-5-2-6-18(16,17)8-3-4-9-10(7-8)14-11(15)13-9/h3-4,7,12H,2,5-6H2,1H3,(H2,13,14,15). The van der Waals surface area contributed by atoms with E-state index in [0.717, 1.165) is 0 Å². The number of nitrogens with one attached hydrogen (secondary N) is 3. The van der Waals surface area contributed by atoms with Crippen molar-refractivity contribution in [1.82, 2.24) is 15.3 Å². The maximum Gasteiger partial charge on any atom is 0.323 e. The molecule has 1 aromatic heterocycles. The number of aromatic amines is 2. The van der Waals surface area contributed by atoms with Gasteiger partial charge < -0.3 is 15.3 Å². The lowest BCUT2D eigenvalue weighted by Crippen LogP contribution is -2.14. The van der Waals surface area contributed by atoms with E-state index in [4.69, 9.17) is 0 Å². The Morgan fingerprint density at radius 1 is 1.22 bits per heavy atom. The molecule has 6 nitrogen and oxygen atoms in total. The average Bonchev–Trinajstić information content (AvgIpc) is 2.68. The molecule has 18 heavy (non-hydrogen) atoms. The van der Waals surface area contributed by atoms with Gasteiger partial charge in [-0.25, -0.2) is 13.2 Å². The lowest BCUT2D eigenvalue weighted by Gasteiger charge is -2.04. The molecule has 0 spiro atoms. The maximum atomic E-state index is 12.0. The van der Waals surface area contributed by atoms with Crippen molar-refractivity contribution in [3.05, 3.63) is 28.7 Å². The van der Waals surface area contributed by atoms with Crippen LogP contribution in [0.2, 0.25) is 0 Å². The normalized spacial score (nSPS) is 12.1. The first kappa shape index (κ1) is 12.8. The Hall–Kier alpha value is -1.60. The highest BCUT2D eigenvalue weighted by Crippen LogP contribution is 2.16. The molecule has 0 aliphatic carbocycles. The molecular weight excluding hydrogens is 254 g/mol. The predicted octanol–water partition coefficient (Wildman–Crippen LogP) is 0.239. The number of sulfone groups is 1. The van der Waals surface area contributed by atoms with E-state index in [1.165, 1.54) is 12.1 Å². The third kappa shape index (κ3) is 2.62. The van der Waals surface area contributed by atoms with E-state index in [1.807, 2.05) is 0 Å². The van der Waals surface area contributed by atoms with Gasteiger partial charge in [0.1, 0.15) is 0 Å². The molecule has 0 aliphatic rings. The SMILES string of the molecule is CNCCCS(=O)(=O)c1ccc2[nH]c(=O)[nH]c2c1. The lowest BCUT2D eigenvalue weighted by molar-refractivity contribution is 0.592. The average molecular weight is 269 g/mol. The Balaban J connectivity index is 2.32. The van der Waals surface area contributed by atoms with E-state index in [-0.39, 0.29) is 16.3 Å². The zero-order valence-corrected chi connectivity index (χ0v) is 10.8. The molecular formula is C11H15N3O3S. The zero-order valence-electron chi connectivity index (χ0n) is 9.99. The van der Waals surface area contributed by atoms with Crippen LogP contribution in [0, 0.1) is 0 Å². The van der Waals surface area contributed by atoms with Crippen LogP contribution in [-0.4, -0.2) is 37.7 Å². The molecule has 0 bridgehead atoms. The van der Waals surface area contributed by atoms with Crippen molar-refractivity contribution in [1.29, 1.82) is 0 Å². The van der Waals surface area contributed by atoms with Gasteiger partial charge in [-0.3, -0.25) is 0 Å². The second kappa shape index (κ2) is 4.95. The molecule has 0 aliphatic heterocycles. The van der Waals surface area contributed by atoms with Crippen molar-refractivity contribution < 1.29 is 8.42 Å². The van der Waals surface area contributed by atoms with Gasteiger partial charge in [0.2, 0.25) is 0 Å². The van der Waals surface area contributed by atoms with Crippen LogP contribution in [0.25, 0.3) is 11.0 Å². The first-order valence-electron chi connectivity index (χ1n) is 5.62. The predicted molar refractivity (Wildman–Crippen MR) is 69.5 cm³/mol. The van der Waals surface area contributed by atoms with Crippen LogP contribution in [0.5, 0.6) is 0 Å². The third-order valence-electron chi connectivity index (χ3n) is 2.69. The van der Waals surface area contributed by atoms with Crippen molar-refractivity contribution >= 4 is 20.9 Å². The molecule has 0 amide bonds. The molecule has 2 aromatic rings. The third-order valence-corrected chi connectivity index (χ3v) is 4.48. The molecule has 0 saturated heterocycles. The molecule has 1 aromatic carbocycles. The summed E-state index contributed by atoms with van der Waals surface area (Å²) in [7, 11) is -1.51. The fourth-order valence-corrected chi connectivity index (χ4v) is 3.09. The van der Waals surface area contributed by atoms with E-state index < -0.39 is 9.84 Å². The zero-order chi connectivity index (χ0) is 13.2. The number of fused-ring (bicyclic) bond motifs is 1. The van der Waals surface area contributed by atoms with Crippen LogP contribution in [0.3, 0.4) is 0 Å². The number of benzene rings is 1. The van der Waals surface area contributed by atoms with Gasteiger partial charge in [0.15, 0.2) is 9.84 Å². The van der Waals surface area contributed by atoms with Crippen molar-refractivity contribution in [2.24, 2.45) is 0 Å². The summed E-state index contributed by atoms with van der Waals surface area (Å²) >= 11 is 0. The molecule has 0 atom stereocenters. The number of imidazole rings is 1. The minimum atomic E-state index is -3.29. The molecule has 0 saturated carbocycles. The summed E-state index contributed by atoms with van der Waals surface area (Å²) in [5, 5.41) is 2.91. The van der Waals surface area contributed by atoms with E-state index in [2.05, 4.69) is 15.3 Å². The second-order valence-corrected chi connectivity index (χ2v) is 6.17. The van der Waals surface area contributed by atoms with Gasteiger partial charge in [-0.2, -0.15) is 0 Å². The number of aromatic nitrogens is 2. The van der Waals surface area contributed by atoms with E-state index >= 15 is 0 Å². The fraction of sp³-hybridized carbons (Fsp3) is 0.364. The Kier molecular flexibility index (Phi) is 3.53. The van der Waals surface area contributed by atoms with Gasteiger partial charge >= 0.3 is 5.69 Å².